The Morgan fingerprint density at radius 1 is 0.909 bits per heavy atom. The zero-order valence-electron chi connectivity index (χ0n) is 18.8. The maximum Gasteiger partial charge on any atom is 0.255 e. The highest BCUT2D eigenvalue weighted by molar-refractivity contribution is 6.30. The minimum absolute atomic E-state index is 0.239. The van der Waals surface area contributed by atoms with Crippen LogP contribution in [-0.4, -0.2) is 33.8 Å². The highest BCUT2D eigenvalue weighted by Gasteiger charge is 2.26. The molecule has 0 bridgehead atoms. The summed E-state index contributed by atoms with van der Waals surface area (Å²) in [4.78, 5) is 13.1. The van der Waals surface area contributed by atoms with Crippen LogP contribution in [0.25, 0.3) is 0 Å². The first-order chi connectivity index (χ1) is 16.0. The van der Waals surface area contributed by atoms with Crippen LogP contribution in [0.1, 0.15) is 21.5 Å². The number of carbonyl (C=O) groups is 1. The van der Waals surface area contributed by atoms with Gasteiger partial charge in [-0.2, -0.15) is 0 Å². The summed E-state index contributed by atoms with van der Waals surface area (Å²) in [6.45, 7) is 0.854. The number of nitrogens with one attached hydrogen (secondary N) is 1. The normalized spacial score (nSPS) is 10.5. The van der Waals surface area contributed by atoms with Crippen LogP contribution >= 0.6 is 11.6 Å². The van der Waals surface area contributed by atoms with Gasteiger partial charge in [0.25, 0.3) is 5.91 Å². The molecule has 0 saturated carbocycles. The highest BCUT2D eigenvalue weighted by atomic mass is 35.5. The molecule has 0 saturated heterocycles. The van der Waals surface area contributed by atoms with Crippen LogP contribution < -0.4 is 30.0 Å². The molecule has 0 aliphatic rings. The van der Waals surface area contributed by atoms with Gasteiger partial charge in [-0.15, -0.1) is 0 Å². The molecule has 33 heavy (non-hydrogen) atoms. The summed E-state index contributed by atoms with van der Waals surface area (Å²) in [6.07, 6.45) is 0.775. The first kappa shape index (κ1) is 24.2. The zero-order chi connectivity index (χ0) is 23.8. The van der Waals surface area contributed by atoms with E-state index in [0.717, 1.165) is 17.5 Å². The molecule has 0 unspecified atom stereocenters. The standard InChI is InChI=1S/C25H27ClN2O5/c1-30-22-20(25(29)28-15-17-5-4-6-18(26)13-17)14-21(23(31-2)24(22)32-3)33-19-9-7-16(8-10-19)11-12-27/h4-10,13-14H,11-12,15,27H2,1-3H3,(H,28,29). The number of halogens is 1. The molecular formula is C25H27ClN2O5. The fraction of sp³-hybridized carbons (Fsp3) is 0.240. The molecule has 174 valence electrons. The third-order valence-corrected chi connectivity index (χ3v) is 5.17. The quantitative estimate of drug-likeness (QED) is 0.450. The number of hydrogen-bond acceptors (Lipinski definition) is 6. The molecule has 0 aliphatic heterocycles. The number of carbonyl (C=O) groups excluding carboxylic acids is 1. The summed E-state index contributed by atoms with van der Waals surface area (Å²) in [5, 5.41) is 3.47. The van der Waals surface area contributed by atoms with E-state index in [1.807, 2.05) is 36.4 Å². The van der Waals surface area contributed by atoms with Gasteiger partial charge in [-0.05, 0) is 48.4 Å². The molecule has 0 fully saturated rings. The predicted octanol–water partition coefficient (Wildman–Crippen LogP) is 4.59. The summed E-state index contributed by atoms with van der Waals surface area (Å²) in [6, 6.07) is 16.4. The molecule has 8 heteroatoms. The molecule has 0 aliphatic carbocycles. The van der Waals surface area contributed by atoms with E-state index in [-0.39, 0.29) is 29.5 Å². The zero-order valence-corrected chi connectivity index (χ0v) is 19.6. The van der Waals surface area contributed by atoms with Gasteiger partial charge >= 0.3 is 0 Å². The van der Waals surface area contributed by atoms with E-state index < -0.39 is 0 Å². The van der Waals surface area contributed by atoms with Gasteiger partial charge in [0.2, 0.25) is 11.5 Å². The highest BCUT2D eigenvalue weighted by Crippen LogP contribution is 2.47. The Morgan fingerprint density at radius 2 is 1.61 bits per heavy atom. The molecule has 3 rings (SSSR count). The number of nitrogens with two attached hydrogens (primary N) is 1. The maximum absolute atomic E-state index is 13.1. The lowest BCUT2D eigenvalue weighted by Gasteiger charge is -2.19. The Labute approximate surface area is 198 Å². The van der Waals surface area contributed by atoms with Crippen molar-refractivity contribution >= 4 is 17.5 Å². The van der Waals surface area contributed by atoms with Crippen molar-refractivity contribution in [2.24, 2.45) is 5.73 Å². The molecule has 0 aromatic heterocycles. The van der Waals surface area contributed by atoms with E-state index in [1.54, 1.807) is 18.2 Å². The van der Waals surface area contributed by atoms with Gasteiger partial charge in [0.05, 0.1) is 26.9 Å². The molecular weight excluding hydrogens is 444 g/mol. The molecule has 1 amide bonds. The van der Waals surface area contributed by atoms with Gasteiger partial charge in [-0.1, -0.05) is 35.9 Å². The maximum atomic E-state index is 13.1. The van der Waals surface area contributed by atoms with Gasteiger partial charge in [-0.3, -0.25) is 4.79 Å². The van der Waals surface area contributed by atoms with Gasteiger partial charge < -0.3 is 30.0 Å². The second-order valence-electron chi connectivity index (χ2n) is 7.12. The molecule has 3 N–H and O–H groups in total. The predicted molar refractivity (Wildman–Crippen MR) is 128 cm³/mol. The molecule has 7 nitrogen and oxygen atoms in total. The molecule has 0 radical (unpaired) electrons. The Balaban J connectivity index is 1.94. The fourth-order valence-electron chi connectivity index (χ4n) is 3.37. The van der Waals surface area contributed by atoms with Crippen molar-refractivity contribution in [3.8, 4) is 28.7 Å². The Bertz CT molecular complexity index is 1100. The minimum Gasteiger partial charge on any atom is -0.492 e. The lowest BCUT2D eigenvalue weighted by molar-refractivity contribution is 0.0946. The second kappa shape index (κ2) is 11.4. The molecule has 0 spiro atoms. The van der Waals surface area contributed by atoms with Gasteiger partial charge in [0.15, 0.2) is 11.5 Å². The van der Waals surface area contributed by atoms with Gasteiger partial charge in [0, 0.05) is 17.6 Å². The van der Waals surface area contributed by atoms with Crippen molar-refractivity contribution in [2.75, 3.05) is 27.9 Å². The van der Waals surface area contributed by atoms with Crippen LogP contribution in [0.2, 0.25) is 5.02 Å². The van der Waals surface area contributed by atoms with Gasteiger partial charge in [0.1, 0.15) is 5.75 Å². The van der Waals surface area contributed by atoms with Crippen molar-refractivity contribution in [3.05, 3.63) is 76.3 Å². The summed E-state index contributed by atoms with van der Waals surface area (Å²) < 4.78 is 22.6. The number of hydrogen-bond donors (Lipinski definition) is 2. The van der Waals surface area contributed by atoms with Crippen LogP contribution in [0, 0.1) is 0 Å². The Kier molecular flexibility index (Phi) is 8.40. The summed E-state index contributed by atoms with van der Waals surface area (Å²) in [5.41, 5.74) is 7.83. The summed E-state index contributed by atoms with van der Waals surface area (Å²) in [7, 11) is 4.43. The number of ether oxygens (including phenoxy) is 4. The van der Waals surface area contributed by atoms with E-state index in [0.29, 0.717) is 28.8 Å². The molecule has 0 atom stereocenters. The minimum atomic E-state index is -0.365. The van der Waals surface area contributed by atoms with E-state index in [1.165, 1.54) is 21.3 Å². The van der Waals surface area contributed by atoms with Crippen LogP contribution in [0.3, 0.4) is 0 Å². The van der Waals surface area contributed by atoms with Crippen molar-refractivity contribution in [2.45, 2.75) is 13.0 Å². The second-order valence-corrected chi connectivity index (χ2v) is 7.56. The molecule has 3 aromatic carbocycles. The van der Waals surface area contributed by atoms with Crippen LogP contribution in [-0.2, 0) is 13.0 Å². The van der Waals surface area contributed by atoms with Crippen molar-refractivity contribution in [1.82, 2.24) is 5.32 Å². The molecule has 3 aromatic rings. The Morgan fingerprint density at radius 3 is 2.21 bits per heavy atom. The van der Waals surface area contributed by atoms with E-state index in [2.05, 4.69) is 5.32 Å². The van der Waals surface area contributed by atoms with Crippen LogP contribution in [0.5, 0.6) is 28.7 Å². The largest absolute Gasteiger partial charge is 0.492 e. The number of methoxy groups -OCH3 is 3. The SMILES string of the molecule is COc1c(Oc2ccc(CCN)cc2)cc(C(=O)NCc2cccc(Cl)c2)c(OC)c1OC. The monoisotopic (exact) mass is 470 g/mol. The topological polar surface area (TPSA) is 92.0 Å². The molecule has 0 heterocycles. The van der Waals surface area contributed by atoms with Crippen molar-refractivity contribution in [1.29, 1.82) is 0 Å². The average molecular weight is 471 g/mol. The third kappa shape index (κ3) is 5.88. The summed E-state index contributed by atoms with van der Waals surface area (Å²) in [5.74, 6) is 1.33. The Hall–Kier alpha value is -3.42. The first-order valence-electron chi connectivity index (χ1n) is 10.3. The van der Waals surface area contributed by atoms with Gasteiger partial charge in [-0.25, -0.2) is 0 Å². The lowest BCUT2D eigenvalue weighted by atomic mass is 10.1. The fourth-order valence-corrected chi connectivity index (χ4v) is 3.58. The average Bonchev–Trinajstić information content (AvgIpc) is 2.83. The van der Waals surface area contributed by atoms with Crippen LogP contribution in [0.4, 0.5) is 0 Å². The van der Waals surface area contributed by atoms with E-state index in [9.17, 15) is 4.79 Å². The van der Waals surface area contributed by atoms with Crippen LogP contribution in [0.15, 0.2) is 54.6 Å². The van der Waals surface area contributed by atoms with Crippen molar-refractivity contribution < 1.29 is 23.7 Å². The number of amides is 1. The first-order valence-corrected chi connectivity index (χ1v) is 10.7. The third-order valence-electron chi connectivity index (χ3n) is 4.94. The van der Waals surface area contributed by atoms with E-state index in [4.69, 9.17) is 36.3 Å². The number of benzene rings is 3. The van der Waals surface area contributed by atoms with Crippen molar-refractivity contribution in [3.63, 3.8) is 0 Å². The van der Waals surface area contributed by atoms with E-state index >= 15 is 0 Å². The lowest BCUT2D eigenvalue weighted by Crippen LogP contribution is -2.23. The smallest absolute Gasteiger partial charge is 0.255 e. The summed E-state index contributed by atoms with van der Waals surface area (Å²) >= 11 is 6.04. The number of rotatable bonds is 10.